The first-order valence-corrected chi connectivity index (χ1v) is 13.4. The lowest BCUT2D eigenvalue weighted by Gasteiger charge is -2.19. The number of amides is 1. The largest absolute Gasteiger partial charge is 0.464 e. The number of ether oxygens (including phenoxy) is 1. The molecule has 31 heavy (non-hydrogen) atoms. The molecule has 1 aromatic rings. The van der Waals surface area contributed by atoms with Gasteiger partial charge < -0.3 is 10.1 Å². The van der Waals surface area contributed by atoms with Gasteiger partial charge in [-0.15, -0.1) is 11.3 Å². The van der Waals surface area contributed by atoms with Gasteiger partial charge in [0.25, 0.3) is 5.91 Å². The lowest BCUT2D eigenvalue weighted by Crippen LogP contribution is -2.42. The molecule has 1 heterocycles. The lowest BCUT2D eigenvalue weighted by atomic mass is 10.0. The Labute approximate surface area is 194 Å². The van der Waals surface area contributed by atoms with Gasteiger partial charge in [-0.1, -0.05) is 104 Å². The van der Waals surface area contributed by atoms with Crippen molar-refractivity contribution in [1.29, 1.82) is 0 Å². The Morgan fingerprint density at radius 2 is 1.45 bits per heavy atom. The van der Waals surface area contributed by atoms with Crippen LogP contribution in [-0.4, -0.2) is 24.5 Å². The summed E-state index contributed by atoms with van der Waals surface area (Å²) in [5, 5.41) is 4.71. The van der Waals surface area contributed by atoms with Crippen LogP contribution in [0.1, 0.15) is 120 Å². The van der Waals surface area contributed by atoms with Crippen molar-refractivity contribution in [2.75, 3.05) is 6.61 Å². The highest BCUT2D eigenvalue weighted by Gasteiger charge is 2.24. The van der Waals surface area contributed by atoms with Crippen molar-refractivity contribution in [2.45, 2.75) is 117 Å². The molecule has 1 N–H and O–H groups in total. The van der Waals surface area contributed by atoms with E-state index in [1.54, 1.807) is 6.07 Å². The van der Waals surface area contributed by atoms with Crippen LogP contribution in [0, 0.1) is 5.92 Å². The van der Waals surface area contributed by atoms with Gasteiger partial charge in [0.1, 0.15) is 6.04 Å². The Kier molecular flexibility index (Phi) is 16.3. The summed E-state index contributed by atoms with van der Waals surface area (Å²) in [4.78, 5) is 25.4. The van der Waals surface area contributed by atoms with Crippen LogP contribution >= 0.6 is 11.3 Å². The molecular formula is C26H45NO3S. The van der Waals surface area contributed by atoms with Crippen LogP contribution in [0.15, 0.2) is 17.5 Å². The first kappa shape index (κ1) is 27.7. The number of carbonyl (C=O) groups is 2. The van der Waals surface area contributed by atoms with Crippen molar-refractivity contribution in [3.63, 3.8) is 0 Å². The smallest absolute Gasteiger partial charge is 0.328 e. The zero-order chi connectivity index (χ0) is 22.7. The molecule has 178 valence electrons. The monoisotopic (exact) mass is 451 g/mol. The molecule has 1 unspecified atom stereocenters. The van der Waals surface area contributed by atoms with E-state index in [4.69, 9.17) is 4.74 Å². The molecule has 0 saturated carbocycles. The fraction of sp³-hybridized carbons (Fsp3) is 0.769. The fourth-order valence-electron chi connectivity index (χ4n) is 3.72. The zero-order valence-corrected chi connectivity index (χ0v) is 20.9. The first-order chi connectivity index (χ1) is 15.0. The van der Waals surface area contributed by atoms with Gasteiger partial charge in [-0.05, 0) is 30.2 Å². The minimum Gasteiger partial charge on any atom is -0.464 e. The molecule has 1 aromatic heterocycles. The Hall–Kier alpha value is -1.36. The molecule has 0 aromatic carbocycles. The second-order valence-corrected chi connectivity index (χ2v) is 9.99. The molecule has 4 nitrogen and oxygen atoms in total. The van der Waals surface area contributed by atoms with Crippen molar-refractivity contribution < 1.29 is 14.3 Å². The Balaban J connectivity index is 2.07. The molecule has 5 heteroatoms. The van der Waals surface area contributed by atoms with Crippen molar-refractivity contribution in [3.8, 4) is 0 Å². The minimum absolute atomic E-state index is 0.196. The van der Waals surface area contributed by atoms with Gasteiger partial charge in [0.05, 0.1) is 11.5 Å². The molecule has 0 bridgehead atoms. The van der Waals surface area contributed by atoms with Gasteiger partial charge in [-0.3, -0.25) is 4.79 Å². The number of nitrogens with one attached hydrogen (secondary N) is 1. The fourth-order valence-corrected chi connectivity index (χ4v) is 4.34. The van der Waals surface area contributed by atoms with Crippen LogP contribution in [0.3, 0.4) is 0 Å². The van der Waals surface area contributed by atoms with Gasteiger partial charge in [0.2, 0.25) is 0 Å². The van der Waals surface area contributed by atoms with Gasteiger partial charge in [0.15, 0.2) is 0 Å². The average Bonchev–Trinajstić information content (AvgIpc) is 3.28. The van der Waals surface area contributed by atoms with E-state index in [-0.39, 0.29) is 11.9 Å². The van der Waals surface area contributed by atoms with E-state index in [2.05, 4.69) is 12.2 Å². The van der Waals surface area contributed by atoms with Crippen LogP contribution in [-0.2, 0) is 9.53 Å². The molecule has 0 aliphatic rings. The van der Waals surface area contributed by atoms with E-state index in [0.29, 0.717) is 23.8 Å². The van der Waals surface area contributed by atoms with Crippen LogP contribution in [0.2, 0.25) is 0 Å². The van der Waals surface area contributed by atoms with Gasteiger partial charge >= 0.3 is 5.97 Å². The van der Waals surface area contributed by atoms with Gasteiger partial charge in [-0.2, -0.15) is 0 Å². The number of thiophene rings is 1. The van der Waals surface area contributed by atoms with Gasteiger partial charge in [-0.25, -0.2) is 4.79 Å². The molecule has 0 saturated heterocycles. The second-order valence-electron chi connectivity index (χ2n) is 9.04. The standard InChI is InChI=1S/C26H45NO3S/c1-4-5-6-7-8-9-10-11-12-13-14-15-16-19-30-26(29)23(21-22(2)3)27-25(28)24-18-17-20-31-24/h17-18,20,22-23H,4-16,19,21H2,1-3H3,(H,27,28). The number of unbranched alkanes of at least 4 members (excludes halogenated alkanes) is 12. The quantitative estimate of drug-likeness (QED) is 0.175. The maximum absolute atomic E-state index is 12.5. The van der Waals surface area contributed by atoms with Gasteiger partial charge in [0, 0.05) is 0 Å². The molecule has 0 fully saturated rings. The molecule has 0 aliphatic carbocycles. The first-order valence-electron chi connectivity index (χ1n) is 12.6. The maximum Gasteiger partial charge on any atom is 0.328 e. The molecule has 0 aliphatic heterocycles. The summed E-state index contributed by atoms with van der Waals surface area (Å²) in [6.45, 7) is 6.80. The second kappa shape index (κ2) is 18.2. The van der Waals surface area contributed by atoms with Crippen molar-refractivity contribution >= 4 is 23.2 Å². The summed E-state index contributed by atoms with van der Waals surface area (Å²) >= 11 is 1.38. The number of hydrogen-bond acceptors (Lipinski definition) is 4. The Morgan fingerprint density at radius 3 is 1.94 bits per heavy atom. The highest BCUT2D eigenvalue weighted by atomic mass is 32.1. The SMILES string of the molecule is CCCCCCCCCCCCCCCOC(=O)C(CC(C)C)NC(=O)c1cccs1. The zero-order valence-electron chi connectivity index (χ0n) is 20.1. The summed E-state index contributed by atoms with van der Waals surface area (Å²) in [6, 6.07) is 3.03. The minimum atomic E-state index is -0.573. The average molecular weight is 452 g/mol. The summed E-state index contributed by atoms with van der Waals surface area (Å²) in [5.74, 6) is -0.200. The predicted molar refractivity (Wildman–Crippen MR) is 132 cm³/mol. The van der Waals surface area contributed by atoms with E-state index in [1.807, 2.05) is 25.3 Å². The van der Waals surface area contributed by atoms with Crippen LogP contribution < -0.4 is 5.32 Å². The molecular weight excluding hydrogens is 406 g/mol. The van der Waals surface area contributed by atoms with Crippen LogP contribution in [0.4, 0.5) is 0 Å². The van der Waals surface area contributed by atoms with E-state index in [9.17, 15) is 9.59 Å². The van der Waals surface area contributed by atoms with Crippen LogP contribution in [0.25, 0.3) is 0 Å². The molecule has 1 atom stereocenters. The van der Waals surface area contributed by atoms with E-state index in [1.165, 1.54) is 82.0 Å². The Bertz CT molecular complexity index is 571. The summed E-state index contributed by atoms with van der Waals surface area (Å²) in [5.41, 5.74) is 0. The van der Waals surface area contributed by atoms with E-state index < -0.39 is 6.04 Å². The lowest BCUT2D eigenvalue weighted by molar-refractivity contribution is -0.146. The number of carbonyl (C=O) groups excluding carboxylic acids is 2. The van der Waals surface area contributed by atoms with E-state index in [0.717, 1.165) is 12.8 Å². The maximum atomic E-state index is 12.5. The summed E-state index contributed by atoms with van der Waals surface area (Å²) < 4.78 is 5.47. The van der Waals surface area contributed by atoms with Crippen molar-refractivity contribution in [3.05, 3.63) is 22.4 Å². The predicted octanol–water partition coefficient (Wildman–Crippen LogP) is 7.53. The highest BCUT2D eigenvalue weighted by Crippen LogP contribution is 2.14. The normalized spacial score (nSPS) is 12.1. The number of hydrogen-bond donors (Lipinski definition) is 1. The topological polar surface area (TPSA) is 55.4 Å². The molecule has 1 rings (SSSR count). The van der Waals surface area contributed by atoms with Crippen molar-refractivity contribution in [1.82, 2.24) is 5.32 Å². The summed E-state index contributed by atoms with van der Waals surface area (Å²) in [6.07, 6.45) is 17.4. The molecule has 1 amide bonds. The third-order valence-electron chi connectivity index (χ3n) is 5.53. The molecule has 0 spiro atoms. The van der Waals surface area contributed by atoms with Crippen molar-refractivity contribution in [2.24, 2.45) is 5.92 Å². The highest BCUT2D eigenvalue weighted by molar-refractivity contribution is 7.12. The van der Waals surface area contributed by atoms with E-state index >= 15 is 0 Å². The Morgan fingerprint density at radius 1 is 0.903 bits per heavy atom. The number of rotatable bonds is 19. The molecule has 0 radical (unpaired) electrons. The third-order valence-corrected chi connectivity index (χ3v) is 6.40. The van der Waals surface area contributed by atoms with Crippen LogP contribution in [0.5, 0.6) is 0 Å². The third kappa shape index (κ3) is 14.3. The summed E-state index contributed by atoms with van der Waals surface area (Å²) in [7, 11) is 0. The number of esters is 1.